The molecule has 0 heterocycles. The van der Waals surface area contributed by atoms with E-state index in [0.717, 1.165) is 0 Å². The molecule has 0 amide bonds. The molecule has 8 heavy (non-hydrogen) atoms. The van der Waals surface area contributed by atoms with E-state index in [9.17, 15) is 9.59 Å². The van der Waals surface area contributed by atoms with Gasteiger partial charge in [0.25, 0.3) is 0 Å². The predicted molar refractivity (Wildman–Crippen MR) is 25.7 cm³/mol. The Kier molecular flexibility index (Phi) is 6.53. The molecule has 0 spiro atoms. The van der Waals surface area contributed by atoms with Gasteiger partial charge in [-0.05, 0) is 6.92 Å². The van der Waals surface area contributed by atoms with E-state index in [2.05, 4.69) is 6.92 Å². The van der Waals surface area contributed by atoms with E-state index in [1.807, 2.05) is 0 Å². The summed E-state index contributed by atoms with van der Waals surface area (Å²) in [5.74, 6) is -0.437. The molecular weight excluding hydrogens is 144 g/mol. The Morgan fingerprint density at radius 3 is 1.88 bits per heavy atom. The van der Waals surface area contributed by atoms with Crippen molar-refractivity contribution in [2.75, 3.05) is 0 Å². The molecular formula is C5H7CrO2-. The Morgan fingerprint density at radius 2 is 1.88 bits per heavy atom. The molecule has 0 radical (unpaired) electrons. The van der Waals surface area contributed by atoms with E-state index in [4.69, 9.17) is 0 Å². The van der Waals surface area contributed by atoms with Crippen molar-refractivity contribution < 1.29 is 27.0 Å². The van der Waals surface area contributed by atoms with Crippen LogP contribution in [0.4, 0.5) is 0 Å². The number of hydrogen-bond acceptors (Lipinski definition) is 2. The van der Waals surface area contributed by atoms with Crippen LogP contribution in [0.1, 0.15) is 13.3 Å². The number of hydrogen-bond donors (Lipinski definition) is 0. The van der Waals surface area contributed by atoms with Crippen LogP contribution < -0.4 is 0 Å². The fourth-order valence-corrected chi connectivity index (χ4v) is 0.278. The van der Waals surface area contributed by atoms with E-state index in [0.29, 0.717) is 0 Å². The molecule has 46 valence electrons. The van der Waals surface area contributed by atoms with Crippen molar-refractivity contribution in [3.63, 3.8) is 0 Å². The van der Waals surface area contributed by atoms with E-state index in [1.165, 1.54) is 6.92 Å². The Hall–Kier alpha value is -0.258. The fraction of sp³-hybridized carbons (Fsp3) is 0.400. The number of carbonyl (C=O) groups is 2. The molecule has 0 aliphatic heterocycles. The molecule has 0 bridgehead atoms. The third-order valence-electron chi connectivity index (χ3n) is 0.446. The summed E-state index contributed by atoms with van der Waals surface area (Å²) in [4.78, 5) is 19.9. The second-order valence-corrected chi connectivity index (χ2v) is 1.42. The van der Waals surface area contributed by atoms with Crippen molar-refractivity contribution >= 4 is 11.6 Å². The minimum Gasteiger partial charge on any atom is -0.339 e. The number of Topliss-reactive ketones (excluding diaryl/α,β-unsaturated/α-hetero) is 2. The molecule has 0 rings (SSSR count). The normalized spacial score (nSPS) is 7.12. The summed E-state index contributed by atoms with van der Waals surface area (Å²) in [5.41, 5.74) is 0. The number of rotatable bonds is 2. The molecule has 0 aliphatic carbocycles. The summed E-state index contributed by atoms with van der Waals surface area (Å²) in [5, 5.41) is 0. The summed E-state index contributed by atoms with van der Waals surface area (Å²) in [6.07, 6.45) is -0.0278. The average Bonchev–Trinajstić information content (AvgIpc) is 1.27. The summed E-state index contributed by atoms with van der Waals surface area (Å²) >= 11 is 0. The van der Waals surface area contributed by atoms with Crippen molar-refractivity contribution in [2.24, 2.45) is 0 Å². The minimum absolute atomic E-state index is 0. The maximum absolute atomic E-state index is 9.99. The standard InChI is InChI=1S/C5H7O2.Cr/c1-4(6)3-5(2)7;/h1,3H2,2H3;/q-1;. The van der Waals surface area contributed by atoms with Crippen LogP contribution in [0.5, 0.6) is 0 Å². The molecule has 0 atom stereocenters. The summed E-state index contributed by atoms with van der Waals surface area (Å²) in [6, 6.07) is 0. The topological polar surface area (TPSA) is 34.1 Å². The van der Waals surface area contributed by atoms with Crippen LogP contribution in [-0.4, -0.2) is 11.6 Å². The van der Waals surface area contributed by atoms with Gasteiger partial charge in [-0.2, -0.15) is 0 Å². The van der Waals surface area contributed by atoms with Gasteiger partial charge in [-0.3, -0.25) is 4.79 Å². The molecule has 0 fully saturated rings. The van der Waals surface area contributed by atoms with Gasteiger partial charge in [-0.25, -0.2) is 0 Å². The van der Waals surface area contributed by atoms with Gasteiger partial charge in [0, 0.05) is 29.6 Å². The van der Waals surface area contributed by atoms with Gasteiger partial charge in [-0.1, -0.05) is 0 Å². The van der Waals surface area contributed by atoms with Gasteiger partial charge in [0.15, 0.2) is 0 Å². The average molecular weight is 151 g/mol. The SMILES string of the molecule is [CH2-]C(=O)CC(C)=O.[Cr]. The molecule has 0 unspecified atom stereocenters. The third-order valence-corrected chi connectivity index (χ3v) is 0.446. The van der Waals surface area contributed by atoms with Crippen LogP contribution >= 0.6 is 0 Å². The number of ketones is 2. The van der Waals surface area contributed by atoms with E-state index >= 15 is 0 Å². The molecule has 0 aromatic carbocycles. The van der Waals surface area contributed by atoms with Crippen molar-refractivity contribution in [2.45, 2.75) is 13.3 Å². The van der Waals surface area contributed by atoms with E-state index in [1.54, 1.807) is 0 Å². The predicted octanol–water partition coefficient (Wildman–Crippen LogP) is 0.366. The van der Waals surface area contributed by atoms with Crippen LogP contribution in [0.25, 0.3) is 0 Å². The summed E-state index contributed by atoms with van der Waals surface area (Å²) in [6.45, 7) is 4.38. The quantitative estimate of drug-likeness (QED) is 0.422. The van der Waals surface area contributed by atoms with Crippen LogP contribution in [-0.2, 0) is 27.0 Å². The van der Waals surface area contributed by atoms with E-state index in [-0.39, 0.29) is 35.3 Å². The fourth-order valence-electron chi connectivity index (χ4n) is 0.278. The van der Waals surface area contributed by atoms with Crippen LogP contribution in [0.15, 0.2) is 0 Å². The van der Waals surface area contributed by atoms with Crippen molar-refractivity contribution in [1.82, 2.24) is 0 Å². The van der Waals surface area contributed by atoms with E-state index < -0.39 is 0 Å². The minimum atomic E-state index is -0.312. The molecule has 3 heteroatoms. The van der Waals surface area contributed by atoms with Crippen LogP contribution in [0.2, 0.25) is 0 Å². The van der Waals surface area contributed by atoms with Gasteiger partial charge in [0.05, 0.1) is 0 Å². The molecule has 2 nitrogen and oxygen atoms in total. The zero-order valence-electron chi connectivity index (χ0n) is 4.64. The van der Waals surface area contributed by atoms with Crippen LogP contribution in [0, 0.1) is 6.92 Å². The van der Waals surface area contributed by atoms with Gasteiger partial charge in [0.2, 0.25) is 0 Å². The van der Waals surface area contributed by atoms with Crippen molar-refractivity contribution in [3.05, 3.63) is 6.92 Å². The molecule has 0 aromatic rings. The smallest absolute Gasteiger partial charge is 0.134 e. The first-order chi connectivity index (χ1) is 3.13. The molecule has 0 saturated heterocycles. The van der Waals surface area contributed by atoms with Gasteiger partial charge in [-0.15, -0.1) is 0 Å². The van der Waals surface area contributed by atoms with Crippen molar-refractivity contribution in [1.29, 1.82) is 0 Å². The molecule has 0 aliphatic rings. The first-order valence-electron chi connectivity index (χ1n) is 1.97. The van der Waals surface area contributed by atoms with Gasteiger partial charge in [0.1, 0.15) is 5.78 Å². The largest absolute Gasteiger partial charge is 0.339 e. The molecule has 0 N–H and O–H groups in total. The first-order valence-corrected chi connectivity index (χ1v) is 1.97. The van der Waals surface area contributed by atoms with Gasteiger partial charge >= 0.3 is 0 Å². The molecule has 0 saturated carbocycles. The van der Waals surface area contributed by atoms with Gasteiger partial charge < -0.3 is 11.7 Å². The zero-order chi connectivity index (χ0) is 5.86. The van der Waals surface area contributed by atoms with Crippen molar-refractivity contribution in [3.8, 4) is 0 Å². The second-order valence-electron chi connectivity index (χ2n) is 1.42. The summed E-state index contributed by atoms with van der Waals surface area (Å²) < 4.78 is 0. The zero-order valence-corrected chi connectivity index (χ0v) is 5.91. The second kappa shape index (κ2) is 4.89. The Balaban J connectivity index is 0. The maximum atomic E-state index is 9.99. The monoisotopic (exact) mass is 151 g/mol. The third kappa shape index (κ3) is 9.22. The van der Waals surface area contributed by atoms with Crippen LogP contribution in [0.3, 0.4) is 0 Å². The Bertz CT molecular complexity index is 86.6. The molecule has 0 aromatic heterocycles. The Morgan fingerprint density at radius 1 is 1.50 bits per heavy atom. The maximum Gasteiger partial charge on any atom is 0.134 e. The first kappa shape index (κ1) is 10.7. The number of carbonyl (C=O) groups excluding carboxylic acids is 2. The Labute approximate surface area is 59.4 Å². The summed E-state index contributed by atoms with van der Waals surface area (Å²) in [7, 11) is 0.